The molecule has 6 heteroatoms. The molecule has 1 aromatic carbocycles. The minimum Gasteiger partial charge on any atom is -0.294 e. The van der Waals surface area contributed by atoms with Crippen molar-refractivity contribution < 1.29 is 9.00 Å². The molecule has 0 spiro atoms. The van der Waals surface area contributed by atoms with Crippen molar-refractivity contribution in [2.75, 3.05) is 0 Å². The lowest BCUT2D eigenvalue weighted by Crippen LogP contribution is -2.16. The van der Waals surface area contributed by atoms with Crippen LogP contribution in [0.4, 0.5) is 0 Å². The third-order valence-electron chi connectivity index (χ3n) is 4.72. The van der Waals surface area contributed by atoms with Crippen LogP contribution in [0.3, 0.4) is 0 Å². The summed E-state index contributed by atoms with van der Waals surface area (Å²) in [6, 6.07) is 8.73. The van der Waals surface area contributed by atoms with E-state index in [2.05, 4.69) is 4.98 Å². The second-order valence-electron chi connectivity index (χ2n) is 6.79. The molecule has 0 N–H and O–H groups in total. The molecule has 3 rings (SSSR count). The molecule has 0 fully saturated rings. The Labute approximate surface area is 160 Å². The Morgan fingerprint density at radius 1 is 1.11 bits per heavy atom. The van der Waals surface area contributed by atoms with Gasteiger partial charge in [0.15, 0.2) is 5.78 Å². The molecule has 140 valence electrons. The maximum Gasteiger partial charge on any atom is 0.258 e. The number of rotatable bonds is 5. The van der Waals surface area contributed by atoms with E-state index in [0.717, 1.165) is 22.3 Å². The molecule has 0 saturated carbocycles. The SMILES string of the molecule is CC(=O)c1c(C)cc(C)c(C[S@](=O)Cc2cc(=O)n3ccccc3n2)c1C. The zero-order valence-corrected chi connectivity index (χ0v) is 16.7. The van der Waals surface area contributed by atoms with E-state index in [1.165, 1.54) is 10.5 Å². The Morgan fingerprint density at radius 3 is 2.56 bits per heavy atom. The van der Waals surface area contributed by atoms with Crippen LogP contribution in [0.15, 0.2) is 41.3 Å². The van der Waals surface area contributed by atoms with E-state index in [1.807, 2.05) is 32.9 Å². The average Bonchev–Trinajstić information content (AvgIpc) is 2.58. The predicted molar refractivity (Wildman–Crippen MR) is 108 cm³/mol. The van der Waals surface area contributed by atoms with E-state index in [9.17, 15) is 13.8 Å². The summed E-state index contributed by atoms with van der Waals surface area (Å²) < 4.78 is 14.2. The monoisotopic (exact) mass is 382 g/mol. The van der Waals surface area contributed by atoms with Gasteiger partial charge >= 0.3 is 0 Å². The van der Waals surface area contributed by atoms with Gasteiger partial charge in [-0.25, -0.2) is 4.98 Å². The van der Waals surface area contributed by atoms with E-state index in [-0.39, 0.29) is 17.1 Å². The van der Waals surface area contributed by atoms with Crippen LogP contribution >= 0.6 is 0 Å². The Kier molecular flexibility index (Phi) is 5.37. The summed E-state index contributed by atoms with van der Waals surface area (Å²) in [6.07, 6.45) is 1.66. The molecule has 0 aliphatic carbocycles. The van der Waals surface area contributed by atoms with E-state index in [1.54, 1.807) is 25.3 Å². The topological polar surface area (TPSA) is 68.5 Å². The number of benzene rings is 1. The van der Waals surface area contributed by atoms with Gasteiger partial charge in [-0.2, -0.15) is 0 Å². The van der Waals surface area contributed by atoms with Gasteiger partial charge in [-0.05, 0) is 62.1 Å². The molecule has 2 heterocycles. The highest BCUT2D eigenvalue weighted by molar-refractivity contribution is 7.83. The summed E-state index contributed by atoms with van der Waals surface area (Å²) in [5.41, 5.74) is 5.36. The van der Waals surface area contributed by atoms with Gasteiger partial charge in [0.25, 0.3) is 5.56 Å². The van der Waals surface area contributed by atoms with E-state index in [0.29, 0.717) is 22.7 Å². The lowest BCUT2D eigenvalue weighted by molar-refractivity contribution is 0.101. The van der Waals surface area contributed by atoms with Crippen LogP contribution in [0.1, 0.15) is 45.2 Å². The van der Waals surface area contributed by atoms with Crippen LogP contribution in [0.5, 0.6) is 0 Å². The molecule has 27 heavy (non-hydrogen) atoms. The quantitative estimate of drug-likeness (QED) is 0.635. The molecule has 3 aromatic rings. The molecular formula is C21H22N2O3S. The fraction of sp³-hybridized carbons (Fsp3) is 0.286. The maximum absolute atomic E-state index is 12.8. The van der Waals surface area contributed by atoms with E-state index < -0.39 is 10.8 Å². The number of Topliss-reactive ketones (excluding diaryl/α,β-unsaturated/α-hetero) is 1. The number of pyridine rings is 1. The molecule has 0 radical (unpaired) electrons. The number of ketones is 1. The first kappa shape index (κ1) is 19.2. The molecule has 2 aromatic heterocycles. The van der Waals surface area contributed by atoms with Gasteiger partial charge < -0.3 is 0 Å². The average molecular weight is 382 g/mol. The second kappa shape index (κ2) is 7.56. The first-order chi connectivity index (χ1) is 12.8. The Morgan fingerprint density at radius 2 is 1.85 bits per heavy atom. The first-order valence-electron chi connectivity index (χ1n) is 8.71. The van der Waals surface area contributed by atoms with Crippen molar-refractivity contribution in [2.45, 2.75) is 39.2 Å². The summed E-state index contributed by atoms with van der Waals surface area (Å²) in [5, 5.41) is 0. The molecule has 1 atom stereocenters. The van der Waals surface area contributed by atoms with Crippen LogP contribution in [0.25, 0.3) is 5.65 Å². The zero-order chi connectivity index (χ0) is 19.7. The van der Waals surface area contributed by atoms with Crippen molar-refractivity contribution in [3.8, 4) is 0 Å². The molecule has 0 unspecified atom stereocenters. The summed E-state index contributed by atoms with van der Waals surface area (Å²) >= 11 is 0. The third kappa shape index (κ3) is 3.90. The fourth-order valence-electron chi connectivity index (χ4n) is 3.54. The molecule has 0 saturated heterocycles. The van der Waals surface area contributed by atoms with Crippen LogP contribution < -0.4 is 5.56 Å². The van der Waals surface area contributed by atoms with Crippen LogP contribution in [0, 0.1) is 20.8 Å². The third-order valence-corrected chi connectivity index (χ3v) is 5.95. The van der Waals surface area contributed by atoms with Crippen molar-refractivity contribution in [3.63, 3.8) is 0 Å². The van der Waals surface area contributed by atoms with E-state index >= 15 is 0 Å². The Balaban J connectivity index is 1.90. The van der Waals surface area contributed by atoms with Crippen LogP contribution in [-0.4, -0.2) is 19.4 Å². The summed E-state index contributed by atoms with van der Waals surface area (Å²) in [6.45, 7) is 7.35. The normalized spacial score (nSPS) is 12.3. The van der Waals surface area contributed by atoms with Crippen molar-refractivity contribution in [1.82, 2.24) is 9.38 Å². The molecule has 0 aliphatic heterocycles. The number of aromatic nitrogens is 2. The largest absolute Gasteiger partial charge is 0.294 e. The van der Waals surface area contributed by atoms with Gasteiger partial charge in [-0.1, -0.05) is 12.1 Å². The van der Waals surface area contributed by atoms with E-state index in [4.69, 9.17) is 0 Å². The van der Waals surface area contributed by atoms with Crippen molar-refractivity contribution in [3.05, 3.63) is 80.4 Å². The van der Waals surface area contributed by atoms with Crippen LogP contribution in [0.2, 0.25) is 0 Å². The van der Waals surface area contributed by atoms with Crippen LogP contribution in [-0.2, 0) is 22.3 Å². The minimum atomic E-state index is -1.24. The van der Waals surface area contributed by atoms with Gasteiger partial charge in [0.1, 0.15) is 5.65 Å². The number of aryl methyl sites for hydroxylation is 2. The van der Waals surface area contributed by atoms with Crippen molar-refractivity contribution in [1.29, 1.82) is 0 Å². The summed E-state index contributed by atoms with van der Waals surface area (Å²) in [5.74, 6) is 0.540. The molecule has 0 aliphatic rings. The number of carbonyl (C=O) groups excluding carboxylic acids is 1. The van der Waals surface area contributed by atoms with Gasteiger partial charge in [-0.3, -0.25) is 18.2 Å². The number of hydrogen-bond donors (Lipinski definition) is 0. The lowest BCUT2D eigenvalue weighted by atomic mass is 9.92. The molecular weight excluding hydrogens is 360 g/mol. The molecule has 5 nitrogen and oxygen atoms in total. The highest BCUT2D eigenvalue weighted by Crippen LogP contribution is 2.24. The lowest BCUT2D eigenvalue weighted by Gasteiger charge is -2.15. The Hall–Kier alpha value is -2.60. The fourth-order valence-corrected chi connectivity index (χ4v) is 4.89. The van der Waals surface area contributed by atoms with Gasteiger partial charge in [-0.15, -0.1) is 0 Å². The Bertz CT molecular complexity index is 1130. The molecule has 0 amide bonds. The number of hydrogen-bond acceptors (Lipinski definition) is 4. The molecule has 0 bridgehead atoms. The summed E-state index contributed by atoms with van der Waals surface area (Å²) in [4.78, 5) is 28.6. The second-order valence-corrected chi connectivity index (χ2v) is 8.25. The zero-order valence-electron chi connectivity index (χ0n) is 15.9. The summed E-state index contributed by atoms with van der Waals surface area (Å²) in [7, 11) is -1.24. The number of nitrogens with zero attached hydrogens (tertiary/aromatic N) is 2. The van der Waals surface area contributed by atoms with Gasteiger partial charge in [0.05, 0.1) is 11.4 Å². The number of carbonyl (C=O) groups is 1. The van der Waals surface area contributed by atoms with Crippen molar-refractivity contribution >= 4 is 22.2 Å². The van der Waals surface area contributed by atoms with Crippen molar-refractivity contribution in [2.24, 2.45) is 0 Å². The smallest absolute Gasteiger partial charge is 0.258 e. The standard InChI is InChI=1S/C21H22N2O3S/c1-13-9-14(2)21(16(4)24)15(3)18(13)12-27(26)11-17-10-20(25)23-8-6-5-7-19(23)22-17/h5-10H,11-12H2,1-4H3/t27-/m1/s1. The van der Waals surface area contributed by atoms with Gasteiger partial charge in [0.2, 0.25) is 0 Å². The predicted octanol–water partition coefficient (Wildman–Crippen LogP) is 3.27. The number of fused-ring (bicyclic) bond motifs is 1. The maximum atomic E-state index is 12.8. The highest BCUT2D eigenvalue weighted by Gasteiger charge is 2.16. The first-order valence-corrected chi connectivity index (χ1v) is 10.2. The minimum absolute atomic E-state index is 0.0150. The van der Waals surface area contributed by atoms with Gasteiger partial charge in [0, 0.05) is 34.4 Å². The highest BCUT2D eigenvalue weighted by atomic mass is 32.2.